The summed E-state index contributed by atoms with van der Waals surface area (Å²) >= 11 is 0. The minimum absolute atomic E-state index is 0. The number of rotatable bonds is 3. The highest BCUT2D eigenvalue weighted by atomic mass is 35.5. The summed E-state index contributed by atoms with van der Waals surface area (Å²) in [7, 11) is 0. The van der Waals surface area contributed by atoms with E-state index < -0.39 is 23.1 Å². The van der Waals surface area contributed by atoms with Gasteiger partial charge in [-0.2, -0.15) is 0 Å². The fourth-order valence-corrected chi connectivity index (χ4v) is 3.61. The maximum Gasteiger partial charge on any atom is 0.270 e. The number of halogens is 1. The molecule has 3 heterocycles. The number of nitrogens with zero attached hydrogens (tertiary/aromatic N) is 2. The van der Waals surface area contributed by atoms with Gasteiger partial charge in [-0.25, -0.2) is 4.98 Å². The van der Waals surface area contributed by atoms with Crippen LogP contribution >= 0.6 is 12.4 Å². The summed E-state index contributed by atoms with van der Waals surface area (Å²) in [5, 5.41) is 16.8. The molecule has 0 bridgehead atoms. The number of piperidine rings is 1. The highest BCUT2D eigenvalue weighted by Crippen LogP contribution is 2.31. The van der Waals surface area contributed by atoms with Crippen molar-refractivity contribution in [1.29, 1.82) is 0 Å². The van der Waals surface area contributed by atoms with Crippen LogP contribution < -0.4 is 16.2 Å². The molecule has 0 aliphatic carbocycles. The van der Waals surface area contributed by atoms with Crippen molar-refractivity contribution in [3.63, 3.8) is 0 Å². The van der Waals surface area contributed by atoms with Crippen LogP contribution in [0.4, 0.5) is 0 Å². The molecule has 1 aromatic carbocycles. The molecular formula is C20H21ClN4O3. The minimum Gasteiger partial charge on any atom is -0.389 e. The molecule has 0 radical (unpaired) electrons. The first-order valence-electron chi connectivity index (χ1n) is 8.85. The topological polar surface area (TPSA) is 95.7 Å². The predicted octanol–water partition coefficient (Wildman–Crippen LogP) is 1.10. The summed E-state index contributed by atoms with van der Waals surface area (Å²) in [6, 6.07) is 14.5. The van der Waals surface area contributed by atoms with Crippen LogP contribution in [0.5, 0.6) is 0 Å². The summed E-state index contributed by atoms with van der Waals surface area (Å²) in [6.45, 7) is 0.991. The molecule has 0 spiro atoms. The van der Waals surface area contributed by atoms with E-state index in [0.717, 1.165) is 5.56 Å². The average Bonchev–Trinajstić information content (AvgIpc) is 2.71. The summed E-state index contributed by atoms with van der Waals surface area (Å²) in [6.07, 6.45) is 2.55. The molecule has 1 saturated heterocycles. The summed E-state index contributed by atoms with van der Waals surface area (Å²) in [5.74, 6) is -0.546. The van der Waals surface area contributed by atoms with Crippen LogP contribution in [0.2, 0.25) is 0 Å². The molecule has 0 saturated carbocycles. The van der Waals surface area contributed by atoms with Crippen molar-refractivity contribution in [1.82, 2.24) is 20.0 Å². The SMILES string of the molecule is Cl.O=C(N[C@@]1(c2ccccc2)CCNC[C@H]1O)c1cnc2ccccn2c1=O. The number of fused-ring (bicyclic) bond motifs is 1. The summed E-state index contributed by atoms with van der Waals surface area (Å²) in [5.41, 5.74) is -0.184. The summed E-state index contributed by atoms with van der Waals surface area (Å²) < 4.78 is 1.34. The van der Waals surface area contributed by atoms with E-state index in [-0.39, 0.29) is 18.0 Å². The quantitative estimate of drug-likeness (QED) is 0.611. The van der Waals surface area contributed by atoms with Gasteiger partial charge in [-0.3, -0.25) is 14.0 Å². The number of hydrogen-bond donors (Lipinski definition) is 3. The number of carbonyl (C=O) groups is 1. The third kappa shape index (κ3) is 3.40. The first kappa shape index (κ1) is 20.0. The number of pyridine rings is 1. The van der Waals surface area contributed by atoms with E-state index in [1.165, 1.54) is 10.6 Å². The molecule has 146 valence electrons. The lowest BCUT2D eigenvalue weighted by Crippen LogP contribution is -2.61. The van der Waals surface area contributed by atoms with Gasteiger partial charge in [0.05, 0.1) is 11.6 Å². The third-order valence-corrected chi connectivity index (χ3v) is 5.09. The minimum atomic E-state index is -0.966. The van der Waals surface area contributed by atoms with Gasteiger partial charge in [-0.1, -0.05) is 36.4 Å². The number of carbonyl (C=O) groups excluding carboxylic acids is 1. The number of amides is 1. The highest BCUT2D eigenvalue weighted by molar-refractivity contribution is 5.94. The highest BCUT2D eigenvalue weighted by Gasteiger charge is 2.43. The Kier molecular flexibility index (Phi) is 5.79. The monoisotopic (exact) mass is 400 g/mol. The van der Waals surface area contributed by atoms with Gasteiger partial charge >= 0.3 is 0 Å². The number of aromatic nitrogens is 2. The van der Waals surface area contributed by atoms with Crippen molar-refractivity contribution >= 4 is 24.0 Å². The molecule has 3 aromatic rings. The number of nitrogens with one attached hydrogen (secondary N) is 2. The molecule has 4 rings (SSSR count). The molecule has 7 nitrogen and oxygen atoms in total. The molecule has 0 unspecified atom stereocenters. The molecule has 28 heavy (non-hydrogen) atoms. The first-order chi connectivity index (χ1) is 13.1. The largest absolute Gasteiger partial charge is 0.389 e. The molecule has 1 aliphatic rings. The van der Waals surface area contributed by atoms with Gasteiger partial charge in [0.25, 0.3) is 11.5 Å². The second kappa shape index (κ2) is 8.10. The molecule has 1 fully saturated rings. The molecule has 1 aliphatic heterocycles. The fraction of sp³-hybridized carbons (Fsp3) is 0.250. The van der Waals surface area contributed by atoms with Gasteiger partial charge in [0.1, 0.15) is 11.2 Å². The van der Waals surface area contributed by atoms with Gasteiger partial charge in [0.15, 0.2) is 0 Å². The van der Waals surface area contributed by atoms with Crippen LogP contribution in [0.3, 0.4) is 0 Å². The Bertz CT molecular complexity index is 1040. The van der Waals surface area contributed by atoms with Crippen molar-refractivity contribution in [2.45, 2.75) is 18.1 Å². The normalized spacial score (nSPS) is 21.7. The van der Waals surface area contributed by atoms with E-state index >= 15 is 0 Å². The predicted molar refractivity (Wildman–Crippen MR) is 108 cm³/mol. The van der Waals surface area contributed by atoms with Crippen LogP contribution in [0.25, 0.3) is 5.65 Å². The number of aliphatic hydroxyl groups is 1. The van der Waals surface area contributed by atoms with Gasteiger partial charge < -0.3 is 15.7 Å². The van der Waals surface area contributed by atoms with Gasteiger partial charge in [0, 0.05) is 18.9 Å². The smallest absolute Gasteiger partial charge is 0.270 e. The van der Waals surface area contributed by atoms with E-state index in [1.807, 2.05) is 30.3 Å². The van der Waals surface area contributed by atoms with Crippen molar-refractivity contribution < 1.29 is 9.90 Å². The van der Waals surface area contributed by atoms with Gasteiger partial charge in [-0.15, -0.1) is 12.4 Å². The number of β-amino-alcohol motifs (C(OH)–C–C–N with tert-alkyl or cyclic N) is 1. The van der Waals surface area contributed by atoms with Crippen LogP contribution in [-0.4, -0.2) is 39.6 Å². The standard InChI is InChI=1S/C20H20N4O3.ClH/c25-16-13-21-10-9-20(16,14-6-2-1-3-7-14)23-18(26)15-12-22-17-8-4-5-11-24(17)19(15)27;/h1-8,11-12,16,21,25H,9-10,13H2,(H,23,26);1H/t16-,20-;/m1./s1. The molecule has 2 aromatic heterocycles. The van der Waals surface area contributed by atoms with Crippen LogP contribution in [0.1, 0.15) is 22.3 Å². The Labute approximate surface area is 167 Å². The average molecular weight is 401 g/mol. The lowest BCUT2D eigenvalue weighted by Gasteiger charge is -2.42. The van der Waals surface area contributed by atoms with Crippen LogP contribution in [0, 0.1) is 0 Å². The molecular weight excluding hydrogens is 380 g/mol. The number of aliphatic hydroxyl groups excluding tert-OH is 1. The first-order valence-corrected chi connectivity index (χ1v) is 8.85. The van der Waals surface area contributed by atoms with Crippen molar-refractivity contribution in [3.8, 4) is 0 Å². The zero-order valence-electron chi connectivity index (χ0n) is 15.0. The van der Waals surface area contributed by atoms with Crippen molar-refractivity contribution in [3.05, 3.63) is 82.4 Å². The van der Waals surface area contributed by atoms with Gasteiger partial charge in [0.2, 0.25) is 0 Å². The maximum atomic E-state index is 13.0. The Balaban J connectivity index is 0.00000225. The molecule has 3 N–H and O–H groups in total. The van der Waals surface area contributed by atoms with Crippen molar-refractivity contribution in [2.75, 3.05) is 13.1 Å². The van der Waals surface area contributed by atoms with Crippen LogP contribution in [0.15, 0.2) is 65.7 Å². The number of benzene rings is 1. The van der Waals surface area contributed by atoms with E-state index in [4.69, 9.17) is 0 Å². The number of hydrogen-bond acceptors (Lipinski definition) is 5. The third-order valence-electron chi connectivity index (χ3n) is 5.09. The fourth-order valence-electron chi connectivity index (χ4n) is 3.61. The van der Waals surface area contributed by atoms with E-state index in [1.54, 1.807) is 24.4 Å². The second-order valence-electron chi connectivity index (χ2n) is 6.67. The van der Waals surface area contributed by atoms with Crippen LogP contribution in [-0.2, 0) is 5.54 Å². The lowest BCUT2D eigenvalue weighted by molar-refractivity contribution is 0.0289. The molecule has 2 atom stereocenters. The van der Waals surface area contributed by atoms with Crippen molar-refractivity contribution in [2.24, 2.45) is 0 Å². The Morgan fingerprint density at radius 1 is 1.21 bits per heavy atom. The Hall–Kier alpha value is -2.74. The lowest BCUT2D eigenvalue weighted by atomic mass is 9.79. The van der Waals surface area contributed by atoms with Gasteiger partial charge in [-0.05, 0) is 30.7 Å². The Morgan fingerprint density at radius 3 is 2.71 bits per heavy atom. The zero-order chi connectivity index (χ0) is 18.9. The Morgan fingerprint density at radius 2 is 1.96 bits per heavy atom. The molecule has 8 heteroatoms. The van der Waals surface area contributed by atoms with E-state index in [2.05, 4.69) is 15.6 Å². The second-order valence-corrected chi connectivity index (χ2v) is 6.67. The van der Waals surface area contributed by atoms with E-state index in [9.17, 15) is 14.7 Å². The maximum absolute atomic E-state index is 13.0. The van der Waals surface area contributed by atoms with E-state index in [0.29, 0.717) is 25.2 Å². The summed E-state index contributed by atoms with van der Waals surface area (Å²) in [4.78, 5) is 29.9. The molecule has 1 amide bonds. The zero-order valence-corrected chi connectivity index (χ0v) is 15.9.